The van der Waals surface area contributed by atoms with Gasteiger partial charge in [0.15, 0.2) is 0 Å². The van der Waals surface area contributed by atoms with Crippen molar-refractivity contribution in [3.8, 4) is 0 Å². The van der Waals surface area contributed by atoms with E-state index in [1.54, 1.807) is 7.05 Å². The van der Waals surface area contributed by atoms with Crippen LogP contribution in [-0.2, 0) is 13.8 Å². The Morgan fingerprint density at radius 2 is 1.85 bits per heavy atom. The molecule has 0 aromatic heterocycles. The van der Waals surface area contributed by atoms with Gasteiger partial charge in [-0.3, -0.25) is 4.79 Å². The molecule has 0 radical (unpaired) electrons. The minimum absolute atomic E-state index is 0.0264. The molecule has 0 N–H and O–H groups in total. The van der Waals surface area contributed by atoms with Crippen molar-refractivity contribution in [3.63, 3.8) is 0 Å². The number of benzene rings is 1. The lowest BCUT2D eigenvalue weighted by atomic mass is 10.2. The van der Waals surface area contributed by atoms with Gasteiger partial charge in [0.1, 0.15) is 0 Å². The summed E-state index contributed by atoms with van der Waals surface area (Å²) in [4.78, 5) is 13.6. The molecule has 0 bridgehead atoms. The minimum atomic E-state index is -3.76. The number of rotatable bonds is 6. The van der Waals surface area contributed by atoms with Crippen molar-refractivity contribution in [2.24, 2.45) is 0 Å². The van der Waals surface area contributed by atoms with Crippen LogP contribution < -0.4 is 0 Å². The molecule has 7 heteroatoms. The molecule has 1 aromatic rings. The van der Waals surface area contributed by atoms with Gasteiger partial charge in [0.25, 0.3) is 15.0 Å². The predicted octanol–water partition coefficient (Wildman–Crippen LogP) is 2.11. The van der Waals surface area contributed by atoms with Gasteiger partial charge in [-0.05, 0) is 38.1 Å². The standard InChI is InChI=1S/C13H18ClNO4S/c1-10(2)19-9-8-15(3)13(16)11-4-6-12(7-5-11)20(14,17)18/h4-7,10H,8-9H2,1-3H3. The van der Waals surface area contributed by atoms with Crippen molar-refractivity contribution in [2.45, 2.75) is 24.8 Å². The molecule has 1 amide bonds. The van der Waals surface area contributed by atoms with E-state index >= 15 is 0 Å². The summed E-state index contributed by atoms with van der Waals surface area (Å²) in [6.45, 7) is 4.76. The van der Waals surface area contributed by atoms with E-state index in [-0.39, 0.29) is 16.9 Å². The van der Waals surface area contributed by atoms with Gasteiger partial charge in [-0.15, -0.1) is 0 Å². The van der Waals surface area contributed by atoms with E-state index in [0.717, 1.165) is 0 Å². The molecule has 5 nitrogen and oxygen atoms in total. The first-order valence-electron chi connectivity index (χ1n) is 6.13. The molecule has 0 aliphatic carbocycles. The van der Waals surface area contributed by atoms with E-state index in [9.17, 15) is 13.2 Å². The first kappa shape index (κ1) is 16.9. The van der Waals surface area contributed by atoms with E-state index in [0.29, 0.717) is 18.7 Å². The fourth-order valence-corrected chi connectivity index (χ4v) is 2.28. The lowest BCUT2D eigenvalue weighted by Gasteiger charge is -2.18. The van der Waals surface area contributed by atoms with Crippen LogP contribution in [0.4, 0.5) is 0 Å². The first-order chi connectivity index (χ1) is 9.21. The van der Waals surface area contributed by atoms with E-state index in [1.807, 2.05) is 13.8 Å². The van der Waals surface area contributed by atoms with Gasteiger partial charge in [0.05, 0.1) is 17.6 Å². The Morgan fingerprint density at radius 3 is 2.30 bits per heavy atom. The van der Waals surface area contributed by atoms with Gasteiger partial charge in [-0.25, -0.2) is 8.42 Å². The third-order valence-corrected chi connectivity index (χ3v) is 3.98. The molecule has 1 aromatic carbocycles. The van der Waals surface area contributed by atoms with Gasteiger partial charge in [0, 0.05) is 29.8 Å². The number of hydrogen-bond acceptors (Lipinski definition) is 4. The normalized spacial score (nSPS) is 11.7. The SMILES string of the molecule is CC(C)OCCN(C)C(=O)c1ccc(S(=O)(=O)Cl)cc1. The second-order valence-corrected chi connectivity index (χ2v) is 7.17. The lowest BCUT2D eigenvalue weighted by Crippen LogP contribution is -2.30. The molecule has 0 aliphatic heterocycles. The van der Waals surface area contributed by atoms with Crippen LogP contribution in [0.3, 0.4) is 0 Å². The predicted molar refractivity (Wildman–Crippen MR) is 77.5 cm³/mol. The van der Waals surface area contributed by atoms with Crippen LogP contribution in [-0.4, -0.2) is 45.5 Å². The highest BCUT2D eigenvalue weighted by Gasteiger charge is 2.14. The maximum Gasteiger partial charge on any atom is 0.261 e. The summed E-state index contributed by atoms with van der Waals surface area (Å²) < 4.78 is 27.6. The number of carbonyl (C=O) groups is 1. The number of carbonyl (C=O) groups excluding carboxylic acids is 1. The van der Waals surface area contributed by atoms with E-state index in [2.05, 4.69) is 0 Å². The lowest BCUT2D eigenvalue weighted by molar-refractivity contribution is 0.0532. The van der Waals surface area contributed by atoms with E-state index in [1.165, 1.54) is 29.2 Å². The Morgan fingerprint density at radius 1 is 1.30 bits per heavy atom. The summed E-state index contributed by atoms with van der Waals surface area (Å²) in [5.41, 5.74) is 0.404. The van der Waals surface area contributed by atoms with E-state index in [4.69, 9.17) is 15.4 Å². The fraction of sp³-hybridized carbons (Fsp3) is 0.462. The molecule has 0 saturated carbocycles. The molecule has 0 unspecified atom stereocenters. The summed E-state index contributed by atoms with van der Waals surface area (Å²) in [5, 5.41) is 0. The Bertz CT molecular complexity index is 554. The quantitative estimate of drug-likeness (QED) is 0.753. The third-order valence-electron chi connectivity index (χ3n) is 2.61. The second-order valence-electron chi connectivity index (χ2n) is 4.61. The van der Waals surface area contributed by atoms with Crippen molar-refractivity contribution < 1.29 is 17.9 Å². The molecule has 0 saturated heterocycles. The van der Waals surface area contributed by atoms with E-state index < -0.39 is 9.05 Å². The highest BCUT2D eigenvalue weighted by atomic mass is 35.7. The van der Waals surface area contributed by atoms with Crippen molar-refractivity contribution in [1.82, 2.24) is 4.90 Å². The van der Waals surface area contributed by atoms with Crippen molar-refractivity contribution in [1.29, 1.82) is 0 Å². The Hall–Kier alpha value is -1.11. The smallest absolute Gasteiger partial charge is 0.261 e. The van der Waals surface area contributed by atoms with Gasteiger partial charge in [-0.1, -0.05) is 0 Å². The first-order valence-corrected chi connectivity index (χ1v) is 8.44. The monoisotopic (exact) mass is 319 g/mol. The molecule has 112 valence electrons. The van der Waals surface area contributed by atoms with Crippen LogP contribution in [0.15, 0.2) is 29.2 Å². The highest BCUT2D eigenvalue weighted by Crippen LogP contribution is 2.16. The molecule has 0 fully saturated rings. The van der Waals surface area contributed by atoms with Gasteiger partial charge in [-0.2, -0.15) is 0 Å². The fourth-order valence-electron chi connectivity index (χ4n) is 1.51. The number of likely N-dealkylation sites (N-methyl/N-ethyl adjacent to an activating group) is 1. The van der Waals surface area contributed by atoms with Crippen LogP contribution in [0.25, 0.3) is 0 Å². The maximum absolute atomic E-state index is 12.1. The largest absolute Gasteiger partial charge is 0.377 e. The molecular formula is C13H18ClNO4S. The third kappa shape index (κ3) is 5.11. The van der Waals surface area contributed by atoms with Crippen LogP contribution in [0.5, 0.6) is 0 Å². The Kier molecular flexibility index (Phi) is 5.98. The average molecular weight is 320 g/mol. The zero-order valence-corrected chi connectivity index (χ0v) is 13.2. The zero-order valence-electron chi connectivity index (χ0n) is 11.7. The number of amides is 1. The maximum atomic E-state index is 12.1. The molecule has 0 atom stereocenters. The van der Waals surface area contributed by atoms with Gasteiger partial charge in [0.2, 0.25) is 0 Å². The van der Waals surface area contributed by atoms with Gasteiger partial charge >= 0.3 is 0 Å². The minimum Gasteiger partial charge on any atom is -0.377 e. The molecule has 20 heavy (non-hydrogen) atoms. The molecule has 0 heterocycles. The number of halogens is 1. The Labute approximate surface area is 123 Å². The second kappa shape index (κ2) is 7.06. The van der Waals surface area contributed by atoms with Crippen molar-refractivity contribution >= 4 is 25.6 Å². The molecular weight excluding hydrogens is 302 g/mol. The van der Waals surface area contributed by atoms with Gasteiger partial charge < -0.3 is 9.64 Å². The Balaban J connectivity index is 2.68. The number of nitrogens with zero attached hydrogens (tertiary/aromatic N) is 1. The van der Waals surface area contributed by atoms with Crippen molar-refractivity contribution in [3.05, 3.63) is 29.8 Å². The number of hydrogen-bond donors (Lipinski definition) is 0. The number of ether oxygens (including phenoxy) is 1. The molecule has 0 aliphatic rings. The summed E-state index contributed by atoms with van der Waals surface area (Å²) in [5.74, 6) is -0.198. The summed E-state index contributed by atoms with van der Waals surface area (Å²) in [7, 11) is 3.11. The topological polar surface area (TPSA) is 63.7 Å². The zero-order chi connectivity index (χ0) is 15.3. The van der Waals surface area contributed by atoms with Crippen LogP contribution in [0.1, 0.15) is 24.2 Å². The highest BCUT2D eigenvalue weighted by molar-refractivity contribution is 8.13. The van der Waals surface area contributed by atoms with Crippen LogP contribution in [0, 0.1) is 0 Å². The molecule has 1 rings (SSSR count). The summed E-state index contributed by atoms with van der Waals surface area (Å²) in [6.07, 6.45) is 0.117. The summed E-state index contributed by atoms with van der Waals surface area (Å²) in [6, 6.07) is 5.51. The van der Waals surface area contributed by atoms with Crippen molar-refractivity contribution in [2.75, 3.05) is 20.2 Å². The van der Waals surface area contributed by atoms with Crippen LogP contribution >= 0.6 is 10.7 Å². The van der Waals surface area contributed by atoms with Crippen LogP contribution in [0.2, 0.25) is 0 Å². The average Bonchev–Trinajstić information content (AvgIpc) is 2.36. The summed E-state index contributed by atoms with van der Waals surface area (Å²) >= 11 is 0. The molecule has 0 spiro atoms.